The van der Waals surface area contributed by atoms with E-state index in [9.17, 15) is 4.79 Å². The minimum absolute atomic E-state index is 0.171. The van der Waals surface area contributed by atoms with Gasteiger partial charge in [0.2, 0.25) is 0 Å². The van der Waals surface area contributed by atoms with Gasteiger partial charge in [-0.25, -0.2) is 0 Å². The topological polar surface area (TPSA) is 55.4 Å². The van der Waals surface area contributed by atoms with Crippen molar-refractivity contribution in [3.05, 3.63) is 23.1 Å². The van der Waals surface area contributed by atoms with Crippen molar-refractivity contribution in [1.29, 1.82) is 0 Å². The van der Waals surface area contributed by atoms with Crippen LogP contribution in [0.1, 0.15) is 52.4 Å². The van der Waals surface area contributed by atoms with E-state index in [2.05, 4.69) is 23.0 Å². The van der Waals surface area contributed by atoms with E-state index in [1.165, 1.54) is 44.1 Å². The van der Waals surface area contributed by atoms with Crippen molar-refractivity contribution in [1.82, 2.24) is 4.72 Å². The van der Waals surface area contributed by atoms with Crippen molar-refractivity contribution >= 4 is 24.2 Å². The number of ether oxygens (including phenoxy) is 1. The third kappa shape index (κ3) is 12.4. The maximum absolute atomic E-state index is 10.9. The van der Waals surface area contributed by atoms with Crippen molar-refractivity contribution in [2.75, 3.05) is 7.11 Å². The molecule has 0 unspecified atom stereocenters. The van der Waals surface area contributed by atoms with Gasteiger partial charge in [-0.15, -0.1) is 0 Å². The second-order valence-electron chi connectivity index (χ2n) is 5.18. The zero-order valence-electron chi connectivity index (χ0n) is 13.3. The number of hydrogen-bond acceptors (Lipinski definition) is 5. The van der Waals surface area contributed by atoms with Crippen LogP contribution in [0.4, 0.5) is 0 Å². The maximum atomic E-state index is 10.9. The molecule has 0 aliphatic heterocycles. The fourth-order valence-corrected chi connectivity index (χ4v) is 2.90. The highest BCUT2D eigenvalue weighted by atomic mass is 32.2. The van der Waals surface area contributed by atoms with Crippen LogP contribution in [0, 0.1) is 0 Å². The second-order valence-corrected chi connectivity index (χ2v) is 6.26. The SMILES string of the molecule is C=C(/C=C(\C)SNC1CCCCC1)CC(C)=O.COC=O. The highest BCUT2D eigenvalue weighted by molar-refractivity contribution is 8.01. The molecule has 120 valence electrons. The van der Waals surface area contributed by atoms with E-state index in [1.807, 2.05) is 6.08 Å². The van der Waals surface area contributed by atoms with Gasteiger partial charge in [-0.05, 0) is 55.2 Å². The van der Waals surface area contributed by atoms with Crippen LogP contribution in [-0.4, -0.2) is 25.4 Å². The molecule has 0 radical (unpaired) electrons. The Bertz CT molecular complexity index is 361. The number of rotatable bonds is 7. The first-order chi connectivity index (χ1) is 9.99. The number of carbonyl (C=O) groups excluding carboxylic acids is 2. The third-order valence-corrected chi connectivity index (χ3v) is 3.86. The Morgan fingerprint density at radius 2 is 1.90 bits per heavy atom. The number of Topliss-reactive ketones (excluding diaryl/α,β-unsaturated/α-hetero) is 1. The van der Waals surface area contributed by atoms with Gasteiger partial charge in [-0.2, -0.15) is 0 Å². The van der Waals surface area contributed by atoms with Crippen LogP contribution >= 0.6 is 11.9 Å². The largest absolute Gasteiger partial charge is 0.471 e. The van der Waals surface area contributed by atoms with E-state index in [-0.39, 0.29) is 5.78 Å². The zero-order chi connectivity index (χ0) is 16.1. The summed E-state index contributed by atoms with van der Waals surface area (Å²) in [5, 5.41) is 0. The Kier molecular flexibility index (Phi) is 12.0. The predicted octanol–water partition coefficient (Wildman–Crippen LogP) is 3.79. The molecule has 0 aromatic heterocycles. The monoisotopic (exact) mass is 313 g/mol. The molecule has 0 amide bonds. The maximum Gasteiger partial charge on any atom is 0.292 e. The fraction of sp³-hybridized carbons (Fsp3) is 0.625. The molecule has 1 fully saturated rings. The minimum atomic E-state index is 0.171. The predicted molar refractivity (Wildman–Crippen MR) is 88.9 cm³/mol. The minimum Gasteiger partial charge on any atom is -0.471 e. The molecule has 21 heavy (non-hydrogen) atoms. The summed E-state index contributed by atoms with van der Waals surface area (Å²) in [5.41, 5.74) is 0.896. The van der Waals surface area contributed by atoms with Crippen LogP contribution in [-0.2, 0) is 14.3 Å². The van der Waals surface area contributed by atoms with Crippen LogP contribution in [0.15, 0.2) is 23.1 Å². The van der Waals surface area contributed by atoms with E-state index in [4.69, 9.17) is 4.79 Å². The molecule has 0 bridgehead atoms. The number of carbonyl (C=O) groups is 2. The Labute approximate surface area is 132 Å². The van der Waals surface area contributed by atoms with E-state index in [0.29, 0.717) is 18.9 Å². The van der Waals surface area contributed by atoms with Crippen molar-refractivity contribution in [2.45, 2.75) is 58.4 Å². The zero-order valence-corrected chi connectivity index (χ0v) is 14.1. The summed E-state index contributed by atoms with van der Waals surface area (Å²) in [6.45, 7) is 7.93. The number of nitrogens with one attached hydrogen (secondary N) is 1. The first-order valence-electron chi connectivity index (χ1n) is 7.24. The van der Waals surface area contributed by atoms with Crippen LogP contribution in [0.5, 0.6) is 0 Å². The van der Waals surface area contributed by atoms with Crippen LogP contribution in [0.25, 0.3) is 0 Å². The van der Waals surface area contributed by atoms with E-state index in [1.54, 1.807) is 18.9 Å². The van der Waals surface area contributed by atoms with Crippen molar-refractivity contribution < 1.29 is 14.3 Å². The fourth-order valence-electron chi connectivity index (χ4n) is 2.08. The highest BCUT2D eigenvalue weighted by Crippen LogP contribution is 2.22. The van der Waals surface area contributed by atoms with Gasteiger partial charge in [0.15, 0.2) is 0 Å². The molecule has 0 atom stereocenters. The van der Waals surface area contributed by atoms with Crippen LogP contribution < -0.4 is 4.72 Å². The van der Waals surface area contributed by atoms with Crippen molar-refractivity contribution in [3.8, 4) is 0 Å². The number of ketones is 1. The molecule has 0 spiro atoms. The molecule has 4 nitrogen and oxygen atoms in total. The molecular weight excluding hydrogens is 286 g/mol. The van der Waals surface area contributed by atoms with Gasteiger partial charge in [0.25, 0.3) is 6.47 Å². The van der Waals surface area contributed by atoms with E-state index < -0.39 is 0 Å². The molecule has 0 aromatic rings. The molecule has 0 heterocycles. The highest BCUT2D eigenvalue weighted by Gasteiger charge is 2.12. The second kappa shape index (κ2) is 12.7. The van der Waals surface area contributed by atoms with E-state index in [0.717, 1.165) is 5.57 Å². The third-order valence-electron chi connectivity index (χ3n) is 2.97. The summed E-state index contributed by atoms with van der Waals surface area (Å²) >= 11 is 1.68. The van der Waals surface area contributed by atoms with E-state index >= 15 is 0 Å². The lowest BCUT2D eigenvalue weighted by molar-refractivity contribution is -0.126. The molecule has 5 heteroatoms. The smallest absolute Gasteiger partial charge is 0.292 e. The molecule has 0 saturated heterocycles. The molecular formula is C16H27NO3S. The molecule has 0 aromatic carbocycles. The summed E-state index contributed by atoms with van der Waals surface area (Å²) < 4.78 is 7.36. The summed E-state index contributed by atoms with van der Waals surface area (Å²) in [7, 11) is 1.31. The lowest BCUT2D eigenvalue weighted by Crippen LogP contribution is -2.25. The molecule has 1 saturated carbocycles. The first-order valence-corrected chi connectivity index (χ1v) is 8.05. The quantitative estimate of drug-likeness (QED) is 0.440. The number of allylic oxidation sites excluding steroid dienone is 3. The molecule has 1 N–H and O–H groups in total. The molecule has 1 rings (SSSR count). The molecule has 1 aliphatic carbocycles. The van der Waals surface area contributed by atoms with Crippen molar-refractivity contribution in [2.24, 2.45) is 0 Å². The first kappa shape index (κ1) is 19.9. The van der Waals surface area contributed by atoms with Crippen LogP contribution in [0.3, 0.4) is 0 Å². The average molecular weight is 313 g/mol. The number of hydrogen-bond donors (Lipinski definition) is 1. The van der Waals surface area contributed by atoms with Crippen molar-refractivity contribution in [3.63, 3.8) is 0 Å². The Morgan fingerprint density at radius 1 is 1.33 bits per heavy atom. The van der Waals surface area contributed by atoms with Gasteiger partial charge in [-0.3, -0.25) is 14.3 Å². The summed E-state index contributed by atoms with van der Waals surface area (Å²) in [6.07, 6.45) is 9.11. The van der Waals surface area contributed by atoms with Gasteiger partial charge < -0.3 is 4.74 Å². The Morgan fingerprint density at radius 3 is 2.38 bits per heavy atom. The van der Waals surface area contributed by atoms with Gasteiger partial charge >= 0.3 is 0 Å². The normalized spacial score (nSPS) is 15.7. The summed E-state index contributed by atoms with van der Waals surface area (Å²) in [6, 6.07) is 0.651. The molecule has 1 aliphatic rings. The standard InChI is InChI=1S/C14H23NOS.C2H4O2/c1-11(9-12(2)16)10-13(3)17-15-14-7-5-4-6-8-14;1-4-2-3/h10,14-15H,1,4-9H2,2-3H3;2H,1H3/b13-10+;. The van der Waals surface area contributed by atoms with Crippen LogP contribution in [0.2, 0.25) is 0 Å². The lowest BCUT2D eigenvalue weighted by Gasteiger charge is -2.22. The van der Waals surface area contributed by atoms with Gasteiger partial charge in [0.1, 0.15) is 5.78 Å². The number of methoxy groups -OCH3 is 1. The Balaban J connectivity index is 0.000000885. The van der Waals surface area contributed by atoms with Gasteiger partial charge in [-0.1, -0.05) is 25.8 Å². The Hall–Kier alpha value is -1.07. The van der Waals surface area contributed by atoms with Gasteiger partial charge in [0.05, 0.1) is 7.11 Å². The van der Waals surface area contributed by atoms with Gasteiger partial charge in [0, 0.05) is 12.5 Å². The lowest BCUT2D eigenvalue weighted by atomic mass is 9.96. The summed E-state index contributed by atoms with van der Waals surface area (Å²) in [4.78, 5) is 21.1. The summed E-state index contributed by atoms with van der Waals surface area (Å²) in [5.74, 6) is 0.171. The average Bonchev–Trinajstić information content (AvgIpc) is 2.45.